The van der Waals surface area contributed by atoms with Gasteiger partial charge in [-0.25, -0.2) is 0 Å². The SMILES string of the molecule is CCCC(CCO)CN=C(NCC)NCCCCCCCN(C)C.I. The molecule has 0 saturated heterocycles. The molecular weight excluding hydrogens is 427 g/mol. The van der Waals surface area contributed by atoms with Crippen molar-refractivity contribution in [2.24, 2.45) is 10.9 Å². The van der Waals surface area contributed by atoms with Crippen LogP contribution in [-0.2, 0) is 0 Å². The second kappa shape index (κ2) is 20.2. The summed E-state index contributed by atoms with van der Waals surface area (Å²) in [5.41, 5.74) is 0. The Kier molecular flexibility index (Phi) is 22.0. The van der Waals surface area contributed by atoms with Crippen LogP contribution < -0.4 is 10.6 Å². The van der Waals surface area contributed by atoms with Crippen molar-refractivity contribution in [2.75, 3.05) is 46.9 Å². The second-order valence-electron chi connectivity index (χ2n) is 6.88. The van der Waals surface area contributed by atoms with Gasteiger partial charge in [0.25, 0.3) is 0 Å². The fourth-order valence-electron chi connectivity index (χ4n) is 2.77. The van der Waals surface area contributed by atoms with Gasteiger partial charge in [-0.1, -0.05) is 32.6 Å². The Morgan fingerprint density at radius 3 is 2.28 bits per heavy atom. The first-order valence-electron chi connectivity index (χ1n) is 9.91. The van der Waals surface area contributed by atoms with Crippen LogP contribution in [-0.4, -0.2) is 62.8 Å². The van der Waals surface area contributed by atoms with Crippen LogP contribution in [0.5, 0.6) is 0 Å². The summed E-state index contributed by atoms with van der Waals surface area (Å²) >= 11 is 0. The highest BCUT2D eigenvalue weighted by Gasteiger charge is 2.07. The second-order valence-corrected chi connectivity index (χ2v) is 6.88. The molecule has 0 bridgehead atoms. The zero-order valence-electron chi connectivity index (χ0n) is 17.0. The molecule has 152 valence electrons. The van der Waals surface area contributed by atoms with Crippen LogP contribution in [0.15, 0.2) is 4.99 Å². The minimum absolute atomic E-state index is 0. The zero-order chi connectivity index (χ0) is 18.0. The summed E-state index contributed by atoms with van der Waals surface area (Å²) in [7, 11) is 4.27. The summed E-state index contributed by atoms with van der Waals surface area (Å²) in [6.45, 7) is 8.41. The number of guanidine groups is 1. The summed E-state index contributed by atoms with van der Waals surface area (Å²) in [5, 5.41) is 15.9. The lowest BCUT2D eigenvalue weighted by Gasteiger charge is -2.15. The van der Waals surface area contributed by atoms with E-state index in [1.807, 2.05) is 0 Å². The Morgan fingerprint density at radius 2 is 1.68 bits per heavy atom. The number of aliphatic hydroxyl groups is 1. The van der Waals surface area contributed by atoms with E-state index < -0.39 is 0 Å². The standard InChI is InChI=1S/C19H42N4O.HI/c1-5-12-18(13-16-24)17-22-19(20-6-2)21-14-10-8-7-9-11-15-23(3)4;/h18,24H,5-17H2,1-4H3,(H2,20,21,22);1H. The van der Waals surface area contributed by atoms with Gasteiger partial charge in [0.15, 0.2) is 5.96 Å². The molecule has 1 atom stereocenters. The van der Waals surface area contributed by atoms with Crippen molar-refractivity contribution in [1.29, 1.82) is 0 Å². The van der Waals surface area contributed by atoms with Crippen molar-refractivity contribution >= 4 is 29.9 Å². The van der Waals surface area contributed by atoms with Crippen LogP contribution in [0.3, 0.4) is 0 Å². The lowest BCUT2D eigenvalue weighted by molar-refractivity contribution is 0.253. The third kappa shape index (κ3) is 18.5. The summed E-state index contributed by atoms with van der Waals surface area (Å²) in [6, 6.07) is 0. The Balaban J connectivity index is 0. The highest BCUT2D eigenvalue weighted by atomic mass is 127. The smallest absolute Gasteiger partial charge is 0.191 e. The van der Waals surface area contributed by atoms with Crippen molar-refractivity contribution in [3.8, 4) is 0 Å². The Bertz CT molecular complexity index is 295. The molecule has 3 N–H and O–H groups in total. The maximum atomic E-state index is 9.14. The minimum atomic E-state index is 0. The first-order chi connectivity index (χ1) is 11.6. The number of hydrogen-bond donors (Lipinski definition) is 3. The van der Waals surface area contributed by atoms with Gasteiger partial charge in [-0.05, 0) is 59.2 Å². The van der Waals surface area contributed by atoms with Gasteiger partial charge in [-0.2, -0.15) is 0 Å². The molecule has 5 nitrogen and oxygen atoms in total. The molecule has 0 amide bonds. The lowest BCUT2D eigenvalue weighted by atomic mass is 10.0. The molecule has 0 saturated carbocycles. The monoisotopic (exact) mass is 470 g/mol. The van der Waals surface area contributed by atoms with Crippen molar-refractivity contribution in [3.05, 3.63) is 0 Å². The molecule has 0 radical (unpaired) electrons. The van der Waals surface area contributed by atoms with Crippen molar-refractivity contribution in [2.45, 2.75) is 65.2 Å². The quantitative estimate of drug-likeness (QED) is 0.149. The van der Waals surface area contributed by atoms with E-state index in [1.54, 1.807) is 0 Å². The summed E-state index contributed by atoms with van der Waals surface area (Å²) < 4.78 is 0. The third-order valence-corrected chi connectivity index (χ3v) is 4.16. The zero-order valence-corrected chi connectivity index (χ0v) is 19.3. The van der Waals surface area contributed by atoms with Crippen molar-refractivity contribution < 1.29 is 5.11 Å². The average molecular weight is 470 g/mol. The molecule has 0 spiro atoms. The highest BCUT2D eigenvalue weighted by Crippen LogP contribution is 2.11. The fourth-order valence-corrected chi connectivity index (χ4v) is 2.77. The van der Waals surface area contributed by atoms with E-state index in [1.165, 1.54) is 38.6 Å². The van der Waals surface area contributed by atoms with E-state index in [0.29, 0.717) is 5.92 Å². The van der Waals surface area contributed by atoms with E-state index in [-0.39, 0.29) is 30.6 Å². The molecular formula is C19H43IN4O. The van der Waals surface area contributed by atoms with Gasteiger partial charge in [0.05, 0.1) is 0 Å². The lowest BCUT2D eigenvalue weighted by Crippen LogP contribution is -2.38. The number of nitrogens with zero attached hydrogens (tertiary/aromatic N) is 2. The number of halogens is 1. The first-order valence-corrected chi connectivity index (χ1v) is 9.91. The maximum absolute atomic E-state index is 9.14. The number of hydrogen-bond acceptors (Lipinski definition) is 3. The Morgan fingerprint density at radius 1 is 1.00 bits per heavy atom. The molecule has 0 aliphatic carbocycles. The summed E-state index contributed by atoms with van der Waals surface area (Å²) in [6.07, 6.45) is 9.56. The molecule has 0 rings (SSSR count). The minimum Gasteiger partial charge on any atom is -0.396 e. The summed E-state index contributed by atoms with van der Waals surface area (Å²) in [4.78, 5) is 6.95. The summed E-state index contributed by atoms with van der Waals surface area (Å²) in [5.74, 6) is 1.41. The van der Waals surface area contributed by atoms with Crippen LogP contribution in [0.4, 0.5) is 0 Å². The fraction of sp³-hybridized carbons (Fsp3) is 0.947. The molecule has 0 aliphatic heterocycles. The van der Waals surface area contributed by atoms with E-state index in [2.05, 4.69) is 43.5 Å². The predicted molar refractivity (Wildman–Crippen MR) is 121 cm³/mol. The van der Waals surface area contributed by atoms with Crippen molar-refractivity contribution in [1.82, 2.24) is 15.5 Å². The van der Waals surface area contributed by atoms with Crippen LogP contribution in [0.1, 0.15) is 65.2 Å². The Labute approximate surface area is 173 Å². The number of unbranched alkanes of at least 4 members (excludes halogenated alkanes) is 4. The molecule has 6 heteroatoms. The van der Waals surface area contributed by atoms with Crippen LogP contribution in [0.2, 0.25) is 0 Å². The largest absolute Gasteiger partial charge is 0.396 e. The molecule has 0 aromatic carbocycles. The number of rotatable bonds is 15. The van der Waals surface area contributed by atoms with Gasteiger partial charge in [-0.3, -0.25) is 4.99 Å². The number of aliphatic hydroxyl groups excluding tert-OH is 1. The molecule has 0 aromatic heterocycles. The molecule has 0 fully saturated rings. The molecule has 0 aliphatic rings. The average Bonchev–Trinajstić information content (AvgIpc) is 2.54. The predicted octanol–water partition coefficient (Wildman–Crippen LogP) is 3.47. The van der Waals surface area contributed by atoms with Gasteiger partial charge in [-0.15, -0.1) is 24.0 Å². The molecule has 1 unspecified atom stereocenters. The third-order valence-electron chi connectivity index (χ3n) is 4.16. The van der Waals surface area contributed by atoms with Crippen LogP contribution in [0.25, 0.3) is 0 Å². The van der Waals surface area contributed by atoms with Crippen molar-refractivity contribution in [3.63, 3.8) is 0 Å². The van der Waals surface area contributed by atoms with Gasteiger partial charge in [0.1, 0.15) is 0 Å². The van der Waals surface area contributed by atoms with Gasteiger partial charge >= 0.3 is 0 Å². The number of nitrogens with one attached hydrogen (secondary N) is 2. The maximum Gasteiger partial charge on any atom is 0.191 e. The van der Waals surface area contributed by atoms with E-state index in [4.69, 9.17) is 10.1 Å². The topological polar surface area (TPSA) is 59.9 Å². The first kappa shape index (κ1) is 27.1. The van der Waals surface area contributed by atoms with Gasteiger partial charge in [0, 0.05) is 26.2 Å². The van der Waals surface area contributed by atoms with E-state index in [9.17, 15) is 0 Å². The molecule has 0 heterocycles. The number of aliphatic imine (C=N–C) groups is 1. The van der Waals surface area contributed by atoms with Crippen LogP contribution in [0, 0.1) is 5.92 Å². The normalized spacial score (nSPS) is 12.8. The van der Waals surface area contributed by atoms with E-state index >= 15 is 0 Å². The van der Waals surface area contributed by atoms with Crippen LogP contribution >= 0.6 is 24.0 Å². The molecule has 0 aromatic rings. The van der Waals surface area contributed by atoms with E-state index in [0.717, 1.165) is 44.9 Å². The molecule has 25 heavy (non-hydrogen) atoms. The van der Waals surface area contributed by atoms with Gasteiger partial charge in [0.2, 0.25) is 0 Å². The highest BCUT2D eigenvalue weighted by molar-refractivity contribution is 14.0. The van der Waals surface area contributed by atoms with Gasteiger partial charge < -0.3 is 20.6 Å². The Hall–Kier alpha value is -0.0800.